The van der Waals surface area contributed by atoms with Crippen molar-refractivity contribution in [2.45, 2.75) is 19.3 Å². The average Bonchev–Trinajstić information content (AvgIpc) is 1.85. The van der Waals surface area contributed by atoms with Gasteiger partial charge in [-0.25, -0.2) is 8.78 Å². The number of alkyl halides is 2. The van der Waals surface area contributed by atoms with Crippen LogP contribution in [-0.2, 0) is 4.79 Å². The van der Waals surface area contributed by atoms with Crippen LogP contribution in [0.2, 0.25) is 0 Å². The summed E-state index contributed by atoms with van der Waals surface area (Å²) in [5, 5.41) is 10.6. The van der Waals surface area contributed by atoms with E-state index in [9.17, 15) is 13.6 Å². The quantitative estimate of drug-likeness (QED) is 0.572. The van der Waals surface area contributed by atoms with Crippen LogP contribution in [0.1, 0.15) is 12.8 Å². The molecule has 0 aromatic rings. The van der Waals surface area contributed by atoms with E-state index >= 15 is 0 Å². The van der Waals surface area contributed by atoms with Gasteiger partial charge in [0.1, 0.15) is 0 Å². The lowest BCUT2D eigenvalue weighted by Gasteiger charge is -2.00. The molecule has 0 rings (SSSR count). The molecule has 0 aliphatic rings. The first-order valence-corrected chi connectivity index (χ1v) is 3.33. The fourth-order valence-corrected chi connectivity index (χ4v) is 0.577. The maximum absolute atomic E-state index is 11.5. The van der Waals surface area contributed by atoms with Crippen molar-refractivity contribution < 1.29 is 18.7 Å². The minimum absolute atomic E-state index is 0.163. The third-order valence-electron chi connectivity index (χ3n) is 1.05. The second kappa shape index (κ2) is 6.03. The third kappa shape index (κ3) is 9.29. The van der Waals surface area contributed by atoms with E-state index in [0.717, 1.165) is 0 Å². The molecule has 3 nitrogen and oxygen atoms in total. The van der Waals surface area contributed by atoms with E-state index in [1.807, 2.05) is 0 Å². The molecular formula is C6H11F2NO2. The first-order chi connectivity index (χ1) is 5.13. The van der Waals surface area contributed by atoms with Crippen LogP contribution in [0.25, 0.3) is 0 Å². The Labute approximate surface area is 63.4 Å². The van der Waals surface area contributed by atoms with Crippen molar-refractivity contribution in [1.29, 1.82) is 0 Å². The molecular weight excluding hydrogens is 156 g/mol. The van der Waals surface area contributed by atoms with E-state index in [4.69, 9.17) is 5.11 Å². The fraction of sp³-hybridized carbons (Fsp3) is 0.833. The average molecular weight is 167 g/mol. The Morgan fingerprint density at radius 3 is 2.64 bits per heavy atom. The van der Waals surface area contributed by atoms with Crippen LogP contribution in [0.15, 0.2) is 0 Å². The summed E-state index contributed by atoms with van der Waals surface area (Å²) >= 11 is 0. The highest BCUT2D eigenvalue weighted by atomic mass is 19.3. The van der Waals surface area contributed by atoms with Crippen molar-refractivity contribution in [1.82, 2.24) is 5.32 Å². The molecule has 0 saturated heterocycles. The largest absolute Gasteiger partial charge is 0.480 e. The Morgan fingerprint density at radius 1 is 1.55 bits per heavy atom. The minimum atomic E-state index is -2.29. The third-order valence-corrected chi connectivity index (χ3v) is 1.05. The molecule has 5 heteroatoms. The van der Waals surface area contributed by atoms with Crippen LogP contribution in [-0.4, -0.2) is 30.6 Å². The van der Waals surface area contributed by atoms with Gasteiger partial charge in [-0.05, 0) is 13.0 Å². The van der Waals surface area contributed by atoms with Crippen molar-refractivity contribution in [3.8, 4) is 0 Å². The predicted octanol–water partition coefficient (Wildman–Crippen LogP) is 0.706. The standard InChI is InChI=1S/C6H11F2NO2/c7-5(8)2-1-3-9-4-6(10)11/h5,9H,1-4H2,(H,10,11). The monoisotopic (exact) mass is 167 g/mol. The summed E-state index contributed by atoms with van der Waals surface area (Å²) in [5.74, 6) is -0.970. The molecule has 11 heavy (non-hydrogen) atoms. The van der Waals surface area contributed by atoms with Crippen LogP contribution in [0.5, 0.6) is 0 Å². The number of nitrogens with one attached hydrogen (secondary N) is 1. The summed E-state index contributed by atoms with van der Waals surface area (Å²) in [6, 6.07) is 0. The van der Waals surface area contributed by atoms with E-state index in [1.165, 1.54) is 0 Å². The van der Waals surface area contributed by atoms with E-state index in [1.54, 1.807) is 0 Å². The molecule has 0 unspecified atom stereocenters. The molecule has 0 amide bonds. The summed E-state index contributed by atoms with van der Waals surface area (Å²) in [4.78, 5) is 9.89. The van der Waals surface area contributed by atoms with Gasteiger partial charge in [0, 0.05) is 6.42 Å². The van der Waals surface area contributed by atoms with Crippen molar-refractivity contribution in [2.75, 3.05) is 13.1 Å². The summed E-state index contributed by atoms with van der Waals surface area (Å²) in [6.45, 7) is 0.167. The van der Waals surface area contributed by atoms with Gasteiger partial charge in [-0.2, -0.15) is 0 Å². The molecule has 0 saturated carbocycles. The van der Waals surface area contributed by atoms with Gasteiger partial charge in [0.25, 0.3) is 0 Å². The Morgan fingerprint density at radius 2 is 2.18 bits per heavy atom. The molecule has 0 bridgehead atoms. The van der Waals surface area contributed by atoms with Crippen molar-refractivity contribution in [3.63, 3.8) is 0 Å². The normalized spacial score (nSPS) is 10.5. The molecule has 0 spiro atoms. The van der Waals surface area contributed by atoms with Gasteiger partial charge in [-0.15, -0.1) is 0 Å². The number of aliphatic carboxylic acids is 1. The van der Waals surface area contributed by atoms with Gasteiger partial charge in [-0.1, -0.05) is 0 Å². The summed E-state index contributed by atoms with van der Waals surface area (Å²) in [7, 11) is 0. The van der Waals surface area contributed by atoms with Crippen LogP contribution in [0.3, 0.4) is 0 Å². The zero-order valence-corrected chi connectivity index (χ0v) is 6.02. The summed E-state index contributed by atoms with van der Waals surface area (Å²) < 4.78 is 23.0. The maximum atomic E-state index is 11.5. The van der Waals surface area contributed by atoms with E-state index < -0.39 is 12.4 Å². The highest BCUT2D eigenvalue weighted by Gasteiger charge is 2.01. The van der Waals surface area contributed by atoms with Gasteiger partial charge in [0.05, 0.1) is 6.54 Å². The number of hydrogen-bond donors (Lipinski definition) is 2. The van der Waals surface area contributed by atoms with E-state index in [0.29, 0.717) is 13.0 Å². The smallest absolute Gasteiger partial charge is 0.317 e. The van der Waals surface area contributed by atoms with Gasteiger partial charge >= 0.3 is 5.97 Å². The Hall–Kier alpha value is -0.710. The van der Waals surface area contributed by atoms with E-state index in [2.05, 4.69) is 5.32 Å². The summed E-state index contributed by atoms with van der Waals surface area (Å²) in [6.07, 6.45) is -2.15. The molecule has 0 heterocycles. The van der Waals surface area contributed by atoms with Crippen molar-refractivity contribution in [3.05, 3.63) is 0 Å². The second-order valence-corrected chi connectivity index (χ2v) is 2.10. The number of carboxylic acid groups (broad SMARTS) is 1. The first kappa shape index (κ1) is 10.3. The molecule has 0 aliphatic heterocycles. The zero-order valence-electron chi connectivity index (χ0n) is 6.02. The molecule has 0 fully saturated rings. The maximum Gasteiger partial charge on any atom is 0.317 e. The summed E-state index contributed by atoms with van der Waals surface area (Å²) in [5.41, 5.74) is 0. The number of carbonyl (C=O) groups is 1. The van der Waals surface area contributed by atoms with Gasteiger partial charge in [0.15, 0.2) is 0 Å². The lowest BCUT2D eigenvalue weighted by molar-refractivity contribution is -0.135. The SMILES string of the molecule is O=C(O)CNCCCC(F)F. The number of carboxylic acids is 1. The molecule has 0 aliphatic carbocycles. The predicted molar refractivity (Wildman–Crippen MR) is 35.7 cm³/mol. The lowest BCUT2D eigenvalue weighted by atomic mass is 10.3. The molecule has 0 atom stereocenters. The van der Waals surface area contributed by atoms with Crippen LogP contribution in [0.4, 0.5) is 8.78 Å². The van der Waals surface area contributed by atoms with Crippen molar-refractivity contribution >= 4 is 5.97 Å². The lowest BCUT2D eigenvalue weighted by Crippen LogP contribution is -2.23. The molecule has 0 aromatic heterocycles. The number of halogens is 2. The fourth-order valence-electron chi connectivity index (χ4n) is 0.577. The Kier molecular flexibility index (Phi) is 5.64. The molecule has 0 radical (unpaired) electrons. The topological polar surface area (TPSA) is 49.3 Å². The second-order valence-electron chi connectivity index (χ2n) is 2.10. The first-order valence-electron chi connectivity index (χ1n) is 3.33. The van der Waals surface area contributed by atoms with E-state index in [-0.39, 0.29) is 13.0 Å². The van der Waals surface area contributed by atoms with Crippen LogP contribution in [0, 0.1) is 0 Å². The molecule has 66 valence electrons. The van der Waals surface area contributed by atoms with Gasteiger partial charge < -0.3 is 10.4 Å². The van der Waals surface area contributed by atoms with Crippen LogP contribution >= 0.6 is 0 Å². The minimum Gasteiger partial charge on any atom is -0.480 e. The van der Waals surface area contributed by atoms with Crippen LogP contribution < -0.4 is 5.32 Å². The Balaban J connectivity index is 2.97. The van der Waals surface area contributed by atoms with Gasteiger partial charge in [-0.3, -0.25) is 4.79 Å². The van der Waals surface area contributed by atoms with Gasteiger partial charge in [0.2, 0.25) is 6.43 Å². The molecule has 0 aromatic carbocycles. The number of rotatable bonds is 6. The number of hydrogen-bond acceptors (Lipinski definition) is 2. The molecule has 2 N–H and O–H groups in total. The highest BCUT2D eigenvalue weighted by Crippen LogP contribution is 2.00. The Bertz CT molecular complexity index is 119. The van der Waals surface area contributed by atoms with Crippen molar-refractivity contribution in [2.24, 2.45) is 0 Å². The zero-order chi connectivity index (χ0) is 8.69. The highest BCUT2D eigenvalue weighted by molar-refractivity contribution is 5.68.